The summed E-state index contributed by atoms with van der Waals surface area (Å²) in [7, 11) is 0. The molecule has 0 saturated heterocycles. The molecular formula is C19H16N4O3S2. The van der Waals surface area contributed by atoms with Crippen LogP contribution in [0, 0.1) is 0 Å². The fraction of sp³-hybridized carbons (Fsp3) is 0.0526. The predicted molar refractivity (Wildman–Crippen MR) is 110 cm³/mol. The van der Waals surface area contributed by atoms with E-state index in [2.05, 4.69) is 15.8 Å². The van der Waals surface area contributed by atoms with Crippen LogP contribution >= 0.6 is 22.7 Å². The number of anilines is 2. The first-order valence-corrected chi connectivity index (χ1v) is 9.93. The lowest BCUT2D eigenvalue weighted by molar-refractivity contribution is -0.117. The number of amides is 3. The van der Waals surface area contributed by atoms with E-state index in [9.17, 15) is 14.4 Å². The zero-order valence-corrected chi connectivity index (χ0v) is 16.4. The summed E-state index contributed by atoms with van der Waals surface area (Å²) < 4.78 is 0. The van der Waals surface area contributed by atoms with Gasteiger partial charge >= 0.3 is 0 Å². The van der Waals surface area contributed by atoms with Crippen molar-refractivity contribution in [3.05, 3.63) is 69.9 Å². The molecule has 0 fully saturated rings. The average molecular weight is 412 g/mol. The highest BCUT2D eigenvalue weighted by Gasteiger charge is 2.17. The van der Waals surface area contributed by atoms with Gasteiger partial charge in [0, 0.05) is 18.4 Å². The minimum atomic E-state index is -0.495. The van der Waals surface area contributed by atoms with E-state index in [1.54, 1.807) is 22.9 Å². The molecule has 0 unspecified atom stereocenters. The van der Waals surface area contributed by atoms with Gasteiger partial charge < -0.3 is 0 Å². The monoisotopic (exact) mass is 412 g/mol. The number of nitrogens with zero attached hydrogens (tertiary/aromatic N) is 2. The third kappa shape index (κ3) is 4.90. The molecule has 0 spiro atoms. The third-order valence-corrected chi connectivity index (χ3v) is 5.19. The number of thiazole rings is 1. The molecule has 0 bridgehead atoms. The van der Waals surface area contributed by atoms with Crippen LogP contribution in [0.4, 0.5) is 10.8 Å². The van der Waals surface area contributed by atoms with Crippen LogP contribution < -0.4 is 15.8 Å². The van der Waals surface area contributed by atoms with Gasteiger partial charge in [-0.3, -0.25) is 30.1 Å². The second-order valence-electron chi connectivity index (χ2n) is 5.50. The summed E-state index contributed by atoms with van der Waals surface area (Å²) in [6.07, 6.45) is 2.77. The van der Waals surface area contributed by atoms with Crippen LogP contribution in [0.3, 0.4) is 0 Å². The summed E-state index contributed by atoms with van der Waals surface area (Å²) in [6.45, 7) is 1.47. The number of hydrogen-bond donors (Lipinski definition) is 2. The number of rotatable bonds is 5. The second kappa shape index (κ2) is 9.07. The minimum absolute atomic E-state index is 0.162. The first kappa shape index (κ1) is 19.5. The molecule has 142 valence electrons. The lowest BCUT2D eigenvalue weighted by atomic mass is 10.3. The topological polar surface area (TPSA) is 91.4 Å². The molecule has 3 amide bonds. The van der Waals surface area contributed by atoms with Gasteiger partial charge in [-0.1, -0.05) is 24.3 Å². The number of thiophene rings is 1. The van der Waals surface area contributed by atoms with Crippen molar-refractivity contribution >= 4 is 57.3 Å². The number of benzene rings is 1. The maximum atomic E-state index is 12.0. The van der Waals surface area contributed by atoms with Gasteiger partial charge in [-0.05, 0) is 29.7 Å². The van der Waals surface area contributed by atoms with Crippen LogP contribution in [0.5, 0.6) is 0 Å². The number of nitrogens with one attached hydrogen (secondary N) is 2. The molecule has 28 heavy (non-hydrogen) atoms. The molecule has 0 aliphatic rings. The van der Waals surface area contributed by atoms with Crippen LogP contribution in [0.25, 0.3) is 6.08 Å². The first-order valence-electron chi connectivity index (χ1n) is 8.18. The zero-order valence-electron chi connectivity index (χ0n) is 14.8. The average Bonchev–Trinajstić information content (AvgIpc) is 3.37. The molecule has 9 heteroatoms. The van der Waals surface area contributed by atoms with Crippen molar-refractivity contribution < 1.29 is 14.4 Å². The summed E-state index contributed by atoms with van der Waals surface area (Å²) >= 11 is 2.57. The van der Waals surface area contributed by atoms with Crippen LogP contribution in [0.15, 0.2) is 59.3 Å². The summed E-state index contributed by atoms with van der Waals surface area (Å²) in [5, 5.41) is 4.02. The van der Waals surface area contributed by atoms with E-state index in [0.717, 1.165) is 0 Å². The molecular weight excluding hydrogens is 396 g/mol. The highest BCUT2D eigenvalue weighted by molar-refractivity contribution is 7.14. The van der Waals surface area contributed by atoms with Gasteiger partial charge in [-0.2, -0.15) is 0 Å². The quantitative estimate of drug-likeness (QED) is 0.497. The van der Waals surface area contributed by atoms with Crippen molar-refractivity contribution in [1.82, 2.24) is 15.8 Å². The smallest absolute Gasteiger partial charge is 0.274 e. The Bertz CT molecular complexity index is 997. The van der Waals surface area contributed by atoms with Gasteiger partial charge in [0.05, 0.1) is 16.3 Å². The van der Waals surface area contributed by atoms with E-state index >= 15 is 0 Å². The van der Waals surface area contributed by atoms with E-state index in [1.807, 2.05) is 30.3 Å². The number of aromatic nitrogens is 1. The molecule has 2 N–H and O–H groups in total. The molecule has 3 rings (SSSR count). The molecule has 0 atom stereocenters. The fourth-order valence-corrected chi connectivity index (χ4v) is 3.72. The lowest BCUT2D eigenvalue weighted by Gasteiger charge is -2.17. The second-order valence-corrected chi connectivity index (χ2v) is 7.28. The number of carbonyl (C=O) groups is 3. The standard InChI is InChI=1S/C19H16N4O3S2/c1-13(24)23(15-6-3-2-4-7-15)19-20-14(12-28-19)9-10-17(25)21-22-18(26)16-8-5-11-27-16/h2-12H,1H3,(H,21,25)(H,22,26)/b10-9+. The third-order valence-electron chi connectivity index (χ3n) is 3.48. The predicted octanol–water partition coefficient (Wildman–Crippen LogP) is 3.36. The minimum Gasteiger partial charge on any atom is -0.274 e. The number of para-hydroxylation sites is 1. The molecule has 0 radical (unpaired) electrons. The molecule has 0 saturated carbocycles. The van der Waals surface area contributed by atoms with Gasteiger partial charge in [0.2, 0.25) is 5.91 Å². The largest absolute Gasteiger partial charge is 0.279 e. The SMILES string of the molecule is CC(=O)N(c1ccccc1)c1nc(/C=C/C(=O)NNC(=O)c2cccs2)cs1. The maximum Gasteiger partial charge on any atom is 0.279 e. The van der Waals surface area contributed by atoms with Crippen LogP contribution in [0.2, 0.25) is 0 Å². The van der Waals surface area contributed by atoms with Crippen molar-refractivity contribution in [1.29, 1.82) is 0 Å². The molecule has 2 aromatic heterocycles. The van der Waals surface area contributed by atoms with Crippen molar-refractivity contribution in [3.63, 3.8) is 0 Å². The highest BCUT2D eigenvalue weighted by Crippen LogP contribution is 2.28. The molecule has 0 aliphatic heterocycles. The Balaban J connectivity index is 1.62. The zero-order chi connectivity index (χ0) is 19.9. The van der Waals surface area contributed by atoms with E-state index in [0.29, 0.717) is 21.4 Å². The molecule has 1 aromatic carbocycles. The number of hydrogen-bond acceptors (Lipinski definition) is 6. The Hall–Kier alpha value is -3.30. The molecule has 7 nitrogen and oxygen atoms in total. The Kier molecular flexibility index (Phi) is 6.30. The Morgan fingerprint density at radius 3 is 2.50 bits per heavy atom. The number of carbonyl (C=O) groups excluding carboxylic acids is 3. The van der Waals surface area contributed by atoms with Gasteiger partial charge in [-0.15, -0.1) is 22.7 Å². The lowest BCUT2D eigenvalue weighted by Crippen LogP contribution is -2.40. The Morgan fingerprint density at radius 1 is 1.04 bits per heavy atom. The van der Waals surface area contributed by atoms with Gasteiger partial charge in [0.15, 0.2) is 5.13 Å². The first-order chi connectivity index (χ1) is 13.5. The van der Waals surface area contributed by atoms with Crippen molar-refractivity contribution in [3.8, 4) is 0 Å². The van der Waals surface area contributed by atoms with Crippen molar-refractivity contribution in [2.75, 3.05) is 4.90 Å². The number of hydrazine groups is 1. The van der Waals surface area contributed by atoms with Gasteiger partial charge in [0.25, 0.3) is 11.8 Å². The van der Waals surface area contributed by atoms with E-state index < -0.39 is 5.91 Å². The Labute approximate surface area is 169 Å². The molecule has 0 aliphatic carbocycles. The summed E-state index contributed by atoms with van der Waals surface area (Å²) in [4.78, 5) is 42.1. The summed E-state index contributed by atoms with van der Waals surface area (Å²) in [5.74, 6) is -1.04. The van der Waals surface area contributed by atoms with Gasteiger partial charge in [-0.25, -0.2) is 4.98 Å². The van der Waals surface area contributed by atoms with Gasteiger partial charge in [0.1, 0.15) is 0 Å². The highest BCUT2D eigenvalue weighted by atomic mass is 32.1. The summed E-state index contributed by atoms with van der Waals surface area (Å²) in [6, 6.07) is 12.6. The fourth-order valence-electron chi connectivity index (χ4n) is 2.25. The molecule has 3 aromatic rings. The van der Waals surface area contributed by atoms with Crippen LogP contribution in [-0.2, 0) is 9.59 Å². The van der Waals surface area contributed by atoms with Crippen LogP contribution in [-0.4, -0.2) is 22.7 Å². The maximum absolute atomic E-state index is 12.0. The molecule has 2 heterocycles. The van der Waals surface area contributed by atoms with E-state index in [4.69, 9.17) is 0 Å². The van der Waals surface area contributed by atoms with Crippen LogP contribution in [0.1, 0.15) is 22.3 Å². The normalized spacial score (nSPS) is 10.6. The van der Waals surface area contributed by atoms with E-state index in [-0.39, 0.29) is 11.8 Å². The Morgan fingerprint density at radius 2 is 1.82 bits per heavy atom. The van der Waals surface area contributed by atoms with E-state index in [1.165, 1.54) is 46.6 Å². The van der Waals surface area contributed by atoms with Crippen molar-refractivity contribution in [2.24, 2.45) is 0 Å². The summed E-state index contributed by atoms with van der Waals surface area (Å²) in [5.41, 5.74) is 5.88. The van der Waals surface area contributed by atoms with Crippen molar-refractivity contribution in [2.45, 2.75) is 6.92 Å².